The number of hydrogen-bond acceptors (Lipinski definition) is 4. The molecule has 118 valence electrons. The molecule has 0 bridgehead atoms. The molecule has 2 heterocycles. The maximum Gasteiger partial charge on any atom is 0.0991 e. The van der Waals surface area contributed by atoms with Crippen molar-refractivity contribution in [3.05, 3.63) is 59.9 Å². The first-order valence-electron chi connectivity index (χ1n) is 8.17. The van der Waals surface area contributed by atoms with Crippen molar-refractivity contribution in [2.24, 2.45) is 0 Å². The fourth-order valence-corrected chi connectivity index (χ4v) is 3.16. The first-order chi connectivity index (χ1) is 11.3. The summed E-state index contributed by atoms with van der Waals surface area (Å²) in [5.74, 6) is 0. The SMILES string of the molecule is C[C@@H](c1cccnc1)N1CCCN(c2ccc(C#N)cc2)CC1. The highest BCUT2D eigenvalue weighted by Gasteiger charge is 2.20. The molecule has 0 amide bonds. The van der Waals surface area contributed by atoms with Crippen molar-refractivity contribution in [1.82, 2.24) is 9.88 Å². The Bertz CT molecular complexity index is 660. The van der Waals surface area contributed by atoms with E-state index in [1.54, 1.807) is 0 Å². The normalized spacial score (nSPS) is 17.3. The maximum absolute atomic E-state index is 8.91. The van der Waals surface area contributed by atoms with Gasteiger partial charge in [-0.25, -0.2) is 0 Å². The molecule has 0 saturated carbocycles. The van der Waals surface area contributed by atoms with Crippen LogP contribution in [0.4, 0.5) is 5.69 Å². The van der Waals surface area contributed by atoms with E-state index < -0.39 is 0 Å². The first kappa shape index (κ1) is 15.5. The van der Waals surface area contributed by atoms with E-state index in [0.29, 0.717) is 6.04 Å². The standard InChI is InChI=1S/C19H22N4/c1-16(18-4-2-9-21-15-18)22-10-3-11-23(13-12-22)19-7-5-17(14-20)6-8-19/h2,4-9,15-16H,3,10-13H2,1H3/t16-/m0/s1. The average molecular weight is 306 g/mol. The molecule has 0 spiro atoms. The Morgan fingerprint density at radius 3 is 2.61 bits per heavy atom. The molecule has 3 rings (SSSR count). The summed E-state index contributed by atoms with van der Waals surface area (Å²) in [5.41, 5.74) is 3.20. The summed E-state index contributed by atoms with van der Waals surface area (Å²) in [5, 5.41) is 8.91. The highest BCUT2D eigenvalue weighted by atomic mass is 15.2. The zero-order chi connectivity index (χ0) is 16.1. The van der Waals surface area contributed by atoms with Crippen LogP contribution in [-0.4, -0.2) is 36.1 Å². The van der Waals surface area contributed by atoms with Gasteiger partial charge in [0.1, 0.15) is 0 Å². The molecule has 1 saturated heterocycles. The number of rotatable bonds is 3. The summed E-state index contributed by atoms with van der Waals surface area (Å²) in [6.45, 7) is 6.46. The van der Waals surface area contributed by atoms with Crippen LogP contribution in [0.1, 0.15) is 30.5 Å². The van der Waals surface area contributed by atoms with Gasteiger partial charge in [-0.2, -0.15) is 5.26 Å². The second-order valence-corrected chi connectivity index (χ2v) is 6.00. The van der Waals surface area contributed by atoms with Crippen molar-refractivity contribution in [2.45, 2.75) is 19.4 Å². The van der Waals surface area contributed by atoms with Gasteiger partial charge in [0.05, 0.1) is 11.6 Å². The molecule has 1 aromatic carbocycles. The second-order valence-electron chi connectivity index (χ2n) is 6.00. The van der Waals surface area contributed by atoms with E-state index in [4.69, 9.17) is 5.26 Å². The Morgan fingerprint density at radius 2 is 1.91 bits per heavy atom. The molecule has 4 nitrogen and oxygen atoms in total. The fourth-order valence-electron chi connectivity index (χ4n) is 3.16. The first-order valence-corrected chi connectivity index (χ1v) is 8.17. The number of anilines is 1. The Balaban J connectivity index is 1.66. The van der Waals surface area contributed by atoms with Gasteiger partial charge in [0.25, 0.3) is 0 Å². The Kier molecular flexibility index (Phi) is 4.89. The summed E-state index contributed by atoms with van der Waals surface area (Å²) >= 11 is 0. The monoisotopic (exact) mass is 306 g/mol. The molecular formula is C19H22N4. The van der Waals surface area contributed by atoms with Gasteiger partial charge < -0.3 is 4.90 Å². The lowest BCUT2D eigenvalue weighted by molar-refractivity contribution is 0.226. The molecule has 1 aliphatic heterocycles. The zero-order valence-corrected chi connectivity index (χ0v) is 13.5. The van der Waals surface area contributed by atoms with Gasteiger partial charge in [0, 0.05) is 50.3 Å². The predicted octanol–water partition coefficient (Wildman–Crippen LogP) is 3.23. The molecule has 1 fully saturated rings. The molecule has 0 N–H and O–H groups in total. The smallest absolute Gasteiger partial charge is 0.0991 e. The Morgan fingerprint density at radius 1 is 1.09 bits per heavy atom. The van der Waals surface area contributed by atoms with Crippen LogP contribution in [0.25, 0.3) is 0 Å². The summed E-state index contributed by atoms with van der Waals surface area (Å²) in [6.07, 6.45) is 4.93. The van der Waals surface area contributed by atoms with Gasteiger partial charge in [0.15, 0.2) is 0 Å². The van der Waals surface area contributed by atoms with E-state index in [1.165, 1.54) is 11.3 Å². The molecule has 1 aromatic heterocycles. The topological polar surface area (TPSA) is 43.2 Å². The van der Waals surface area contributed by atoms with Crippen molar-refractivity contribution in [2.75, 3.05) is 31.1 Å². The van der Waals surface area contributed by atoms with Crippen LogP contribution >= 0.6 is 0 Å². The van der Waals surface area contributed by atoms with Crippen LogP contribution < -0.4 is 4.90 Å². The average Bonchev–Trinajstić information content (AvgIpc) is 2.88. The van der Waals surface area contributed by atoms with Crippen LogP contribution in [0.2, 0.25) is 0 Å². The van der Waals surface area contributed by atoms with Crippen LogP contribution in [0.3, 0.4) is 0 Å². The van der Waals surface area contributed by atoms with Crippen LogP contribution in [0.15, 0.2) is 48.8 Å². The van der Waals surface area contributed by atoms with E-state index >= 15 is 0 Å². The second kappa shape index (κ2) is 7.26. The summed E-state index contributed by atoms with van der Waals surface area (Å²) in [6, 6.07) is 14.6. The van der Waals surface area contributed by atoms with Gasteiger partial charge in [-0.3, -0.25) is 9.88 Å². The van der Waals surface area contributed by atoms with E-state index in [-0.39, 0.29) is 0 Å². The number of nitrogens with zero attached hydrogens (tertiary/aromatic N) is 4. The number of aromatic nitrogens is 1. The zero-order valence-electron chi connectivity index (χ0n) is 13.5. The minimum absolute atomic E-state index is 0.393. The number of hydrogen-bond donors (Lipinski definition) is 0. The molecule has 0 aliphatic carbocycles. The van der Waals surface area contributed by atoms with Crippen molar-refractivity contribution < 1.29 is 0 Å². The highest BCUT2D eigenvalue weighted by molar-refractivity contribution is 5.49. The molecular weight excluding hydrogens is 284 g/mol. The third kappa shape index (κ3) is 3.69. The van der Waals surface area contributed by atoms with Gasteiger partial charge in [-0.15, -0.1) is 0 Å². The quantitative estimate of drug-likeness (QED) is 0.873. The van der Waals surface area contributed by atoms with Crippen molar-refractivity contribution in [3.63, 3.8) is 0 Å². The Labute approximate surface area is 138 Å². The van der Waals surface area contributed by atoms with Gasteiger partial charge in [0.2, 0.25) is 0 Å². The molecule has 1 atom stereocenters. The van der Waals surface area contributed by atoms with E-state index in [9.17, 15) is 0 Å². The lowest BCUT2D eigenvalue weighted by Crippen LogP contribution is -2.32. The van der Waals surface area contributed by atoms with Gasteiger partial charge in [-0.05, 0) is 49.2 Å². The molecule has 0 unspecified atom stereocenters. The molecule has 1 aliphatic rings. The van der Waals surface area contributed by atoms with E-state index in [0.717, 1.165) is 38.2 Å². The van der Waals surface area contributed by atoms with E-state index in [2.05, 4.69) is 46.0 Å². The third-order valence-electron chi connectivity index (χ3n) is 4.61. The maximum atomic E-state index is 8.91. The molecule has 2 aromatic rings. The number of benzene rings is 1. The number of nitriles is 1. The molecule has 4 heteroatoms. The minimum Gasteiger partial charge on any atom is -0.370 e. The van der Waals surface area contributed by atoms with Crippen LogP contribution in [0.5, 0.6) is 0 Å². The lowest BCUT2D eigenvalue weighted by atomic mass is 10.1. The van der Waals surface area contributed by atoms with Gasteiger partial charge in [-0.1, -0.05) is 6.07 Å². The largest absolute Gasteiger partial charge is 0.370 e. The van der Waals surface area contributed by atoms with E-state index in [1.807, 2.05) is 30.6 Å². The predicted molar refractivity (Wildman–Crippen MR) is 92.2 cm³/mol. The highest BCUT2D eigenvalue weighted by Crippen LogP contribution is 2.23. The molecule has 0 radical (unpaired) electrons. The number of pyridine rings is 1. The van der Waals surface area contributed by atoms with Crippen molar-refractivity contribution in [1.29, 1.82) is 5.26 Å². The lowest BCUT2D eigenvalue weighted by Gasteiger charge is -2.28. The van der Waals surface area contributed by atoms with Gasteiger partial charge >= 0.3 is 0 Å². The minimum atomic E-state index is 0.393. The van der Waals surface area contributed by atoms with Crippen molar-refractivity contribution >= 4 is 5.69 Å². The van der Waals surface area contributed by atoms with Crippen LogP contribution in [0, 0.1) is 11.3 Å². The summed E-state index contributed by atoms with van der Waals surface area (Å²) in [7, 11) is 0. The summed E-state index contributed by atoms with van der Waals surface area (Å²) < 4.78 is 0. The Hall–Kier alpha value is -2.38. The summed E-state index contributed by atoms with van der Waals surface area (Å²) in [4.78, 5) is 9.18. The molecule has 23 heavy (non-hydrogen) atoms. The fraction of sp³-hybridized carbons (Fsp3) is 0.368. The third-order valence-corrected chi connectivity index (χ3v) is 4.61. The van der Waals surface area contributed by atoms with Crippen molar-refractivity contribution in [3.8, 4) is 6.07 Å². The van der Waals surface area contributed by atoms with Crippen LogP contribution in [-0.2, 0) is 0 Å².